The van der Waals surface area contributed by atoms with Gasteiger partial charge in [0.15, 0.2) is 0 Å². The van der Waals surface area contributed by atoms with Crippen molar-refractivity contribution >= 4 is 27.8 Å². The first-order chi connectivity index (χ1) is 9.76. The van der Waals surface area contributed by atoms with E-state index in [0.29, 0.717) is 0 Å². The van der Waals surface area contributed by atoms with Crippen molar-refractivity contribution in [3.63, 3.8) is 0 Å². The van der Waals surface area contributed by atoms with E-state index in [4.69, 9.17) is 10.5 Å². The lowest BCUT2D eigenvalue weighted by molar-refractivity contribution is 0.415. The van der Waals surface area contributed by atoms with Gasteiger partial charge in [0, 0.05) is 5.69 Å². The second kappa shape index (κ2) is 5.13. The van der Waals surface area contributed by atoms with Crippen molar-refractivity contribution in [2.24, 2.45) is 0 Å². The van der Waals surface area contributed by atoms with E-state index < -0.39 is 0 Å². The fraction of sp³-hybridized carbons (Fsp3) is 0.0588. The summed E-state index contributed by atoms with van der Waals surface area (Å²) < 4.78 is 5.23. The van der Waals surface area contributed by atoms with Gasteiger partial charge in [0.05, 0.1) is 18.5 Å². The number of rotatable bonds is 3. The minimum Gasteiger partial charge on any atom is -0.497 e. The third-order valence-corrected chi connectivity index (χ3v) is 3.29. The minimum absolute atomic E-state index is 0.738. The Morgan fingerprint density at radius 3 is 2.45 bits per heavy atom. The maximum absolute atomic E-state index is 5.94. The van der Waals surface area contributed by atoms with Gasteiger partial charge in [-0.2, -0.15) is 0 Å². The summed E-state index contributed by atoms with van der Waals surface area (Å²) >= 11 is 0. The summed E-state index contributed by atoms with van der Waals surface area (Å²) in [4.78, 5) is 0. The molecule has 3 heteroatoms. The highest BCUT2D eigenvalue weighted by molar-refractivity contribution is 5.88. The summed E-state index contributed by atoms with van der Waals surface area (Å²) in [5.74, 6) is 0.866. The number of benzene rings is 3. The lowest BCUT2D eigenvalue weighted by Gasteiger charge is -2.10. The molecule has 100 valence electrons. The summed E-state index contributed by atoms with van der Waals surface area (Å²) in [6.45, 7) is 0. The van der Waals surface area contributed by atoms with Crippen LogP contribution in [-0.2, 0) is 0 Å². The standard InChI is InChI=1S/C17H16N2O/c1-20-15-9-7-12-10-14(8-6-13(12)11-15)19-17-5-3-2-4-16(17)18/h2-11,19H,18H2,1H3. The van der Waals surface area contributed by atoms with Gasteiger partial charge in [-0.1, -0.05) is 24.3 Å². The zero-order valence-electron chi connectivity index (χ0n) is 11.3. The molecule has 0 unspecified atom stereocenters. The van der Waals surface area contributed by atoms with Crippen LogP contribution in [0.1, 0.15) is 0 Å². The number of para-hydroxylation sites is 2. The molecule has 20 heavy (non-hydrogen) atoms. The van der Waals surface area contributed by atoms with Gasteiger partial charge in [0.25, 0.3) is 0 Å². The lowest BCUT2D eigenvalue weighted by atomic mass is 10.1. The van der Waals surface area contributed by atoms with Gasteiger partial charge >= 0.3 is 0 Å². The third kappa shape index (κ3) is 2.38. The highest BCUT2D eigenvalue weighted by Gasteiger charge is 2.01. The van der Waals surface area contributed by atoms with Crippen LogP contribution in [0.5, 0.6) is 5.75 Å². The Hall–Kier alpha value is -2.68. The van der Waals surface area contributed by atoms with E-state index in [1.165, 1.54) is 0 Å². The molecule has 0 amide bonds. The smallest absolute Gasteiger partial charge is 0.119 e. The van der Waals surface area contributed by atoms with Crippen molar-refractivity contribution in [2.45, 2.75) is 0 Å². The molecule has 0 spiro atoms. The molecule has 3 N–H and O–H groups in total. The molecule has 0 aliphatic heterocycles. The molecule has 0 radical (unpaired) electrons. The van der Waals surface area contributed by atoms with Crippen LogP contribution in [0.4, 0.5) is 17.1 Å². The molecule has 0 bridgehead atoms. The van der Waals surface area contributed by atoms with Crippen molar-refractivity contribution in [2.75, 3.05) is 18.2 Å². The quantitative estimate of drug-likeness (QED) is 0.698. The van der Waals surface area contributed by atoms with E-state index in [0.717, 1.165) is 33.6 Å². The zero-order chi connectivity index (χ0) is 13.9. The first kappa shape index (κ1) is 12.4. The molecule has 0 heterocycles. The average molecular weight is 264 g/mol. The molecule has 3 aromatic carbocycles. The number of hydrogen-bond acceptors (Lipinski definition) is 3. The molecule has 0 aromatic heterocycles. The van der Waals surface area contributed by atoms with E-state index in [2.05, 4.69) is 17.4 Å². The SMILES string of the molecule is COc1ccc2cc(Nc3ccccc3N)ccc2c1. The van der Waals surface area contributed by atoms with E-state index in [9.17, 15) is 0 Å². The van der Waals surface area contributed by atoms with Crippen LogP contribution in [0.25, 0.3) is 10.8 Å². The first-order valence-electron chi connectivity index (χ1n) is 6.45. The highest BCUT2D eigenvalue weighted by Crippen LogP contribution is 2.27. The van der Waals surface area contributed by atoms with Gasteiger partial charge in [-0.15, -0.1) is 0 Å². The number of fused-ring (bicyclic) bond motifs is 1. The van der Waals surface area contributed by atoms with Gasteiger partial charge in [-0.25, -0.2) is 0 Å². The Morgan fingerprint density at radius 1 is 0.900 bits per heavy atom. The van der Waals surface area contributed by atoms with E-state index >= 15 is 0 Å². The van der Waals surface area contributed by atoms with Crippen molar-refractivity contribution < 1.29 is 4.74 Å². The van der Waals surface area contributed by atoms with Crippen molar-refractivity contribution in [1.29, 1.82) is 0 Å². The number of nitrogens with one attached hydrogen (secondary N) is 1. The molecule has 0 saturated heterocycles. The number of nitrogen functional groups attached to an aromatic ring is 1. The monoisotopic (exact) mass is 264 g/mol. The Balaban J connectivity index is 1.95. The van der Waals surface area contributed by atoms with Gasteiger partial charge in [0.1, 0.15) is 5.75 Å². The maximum Gasteiger partial charge on any atom is 0.119 e. The normalized spacial score (nSPS) is 10.4. The van der Waals surface area contributed by atoms with Crippen LogP contribution >= 0.6 is 0 Å². The van der Waals surface area contributed by atoms with Gasteiger partial charge in [0.2, 0.25) is 0 Å². The van der Waals surface area contributed by atoms with Gasteiger partial charge in [-0.05, 0) is 47.2 Å². The number of anilines is 3. The predicted molar refractivity (Wildman–Crippen MR) is 84.6 cm³/mol. The van der Waals surface area contributed by atoms with Crippen molar-refractivity contribution in [3.05, 3.63) is 60.7 Å². The number of nitrogens with two attached hydrogens (primary N) is 1. The summed E-state index contributed by atoms with van der Waals surface area (Å²) in [5, 5.41) is 5.64. The molecule has 0 aliphatic rings. The van der Waals surface area contributed by atoms with Crippen LogP contribution in [0, 0.1) is 0 Å². The summed E-state index contributed by atoms with van der Waals surface area (Å²) in [5.41, 5.74) is 8.61. The average Bonchev–Trinajstić information content (AvgIpc) is 2.49. The Morgan fingerprint density at radius 2 is 1.65 bits per heavy atom. The van der Waals surface area contributed by atoms with Crippen LogP contribution in [0.3, 0.4) is 0 Å². The van der Waals surface area contributed by atoms with Gasteiger partial charge in [-0.3, -0.25) is 0 Å². The van der Waals surface area contributed by atoms with Crippen LogP contribution in [-0.4, -0.2) is 7.11 Å². The molecule has 3 aromatic rings. The van der Waals surface area contributed by atoms with Gasteiger partial charge < -0.3 is 15.8 Å². The van der Waals surface area contributed by atoms with Crippen LogP contribution in [0.2, 0.25) is 0 Å². The lowest BCUT2D eigenvalue weighted by Crippen LogP contribution is -1.95. The van der Waals surface area contributed by atoms with Crippen LogP contribution < -0.4 is 15.8 Å². The second-order valence-electron chi connectivity index (χ2n) is 4.64. The topological polar surface area (TPSA) is 47.3 Å². The fourth-order valence-electron chi connectivity index (χ4n) is 2.19. The first-order valence-corrected chi connectivity index (χ1v) is 6.45. The molecule has 0 aliphatic carbocycles. The molecular formula is C17H16N2O. The number of hydrogen-bond donors (Lipinski definition) is 2. The van der Waals surface area contributed by atoms with E-state index in [1.54, 1.807) is 7.11 Å². The Kier molecular flexibility index (Phi) is 3.17. The summed E-state index contributed by atoms with van der Waals surface area (Å²) in [6, 6.07) is 20.0. The maximum atomic E-state index is 5.94. The summed E-state index contributed by atoms with van der Waals surface area (Å²) in [7, 11) is 1.68. The predicted octanol–water partition coefficient (Wildman–Crippen LogP) is 4.17. The second-order valence-corrected chi connectivity index (χ2v) is 4.64. The van der Waals surface area contributed by atoms with Crippen molar-refractivity contribution in [1.82, 2.24) is 0 Å². The highest BCUT2D eigenvalue weighted by atomic mass is 16.5. The Bertz CT molecular complexity index is 753. The molecule has 3 nitrogen and oxygen atoms in total. The van der Waals surface area contributed by atoms with E-state index in [-0.39, 0.29) is 0 Å². The number of ether oxygens (including phenoxy) is 1. The van der Waals surface area contributed by atoms with Crippen molar-refractivity contribution in [3.8, 4) is 5.75 Å². The van der Waals surface area contributed by atoms with E-state index in [1.807, 2.05) is 48.5 Å². The zero-order valence-corrected chi connectivity index (χ0v) is 11.3. The number of methoxy groups -OCH3 is 1. The minimum atomic E-state index is 0.738. The molecule has 3 rings (SSSR count). The molecule has 0 atom stereocenters. The molecule has 0 fully saturated rings. The summed E-state index contributed by atoms with van der Waals surface area (Å²) in [6.07, 6.45) is 0. The molecule has 0 saturated carbocycles. The Labute approximate surface area is 118 Å². The fourth-order valence-corrected chi connectivity index (χ4v) is 2.19. The van der Waals surface area contributed by atoms with Crippen LogP contribution in [0.15, 0.2) is 60.7 Å². The molecular weight excluding hydrogens is 248 g/mol. The third-order valence-electron chi connectivity index (χ3n) is 3.29. The largest absolute Gasteiger partial charge is 0.497 e.